The van der Waals surface area contributed by atoms with Crippen molar-refractivity contribution in [1.82, 2.24) is 5.32 Å². The number of hydrogen-bond acceptors (Lipinski definition) is 2. The zero-order valence-corrected chi connectivity index (χ0v) is 10.2. The molecule has 0 bridgehead atoms. The fourth-order valence-corrected chi connectivity index (χ4v) is 1.49. The Kier molecular flexibility index (Phi) is 4.50. The zero-order chi connectivity index (χ0) is 12.1. The monoisotopic (exact) mass is 220 g/mol. The minimum absolute atomic E-state index is 0.0107. The molecule has 0 saturated carbocycles. The average molecular weight is 220 g/mol. The van der Waals surface area contributed by atoms with E-state index in [0.717, 1.165) is 5.56 Å². The van der Waals surface area contributed by atoms with Crippen molar-refractivity contribution >= 4 is 5.91 Å². The van der Waals surface area contributed by atoms with Gasteiger partial charge in [0.15, 0.2) is 0 Å². The van der Waals surface area contributed by atoms with E-state index in [2.05, 4.69) is 11.4 Å². The van der Waals surface area contributed by atoms with Crippen LogP contribution in [0, 0.1) is 12.8 Å². The smallest absolute Gasteiger partial charge is 0.224 e. The summed E-state index contributed by atoms with van der Waals surface area (Å²) < 4.78 is 0. The second kappa shape index (κ2) is 5.66. The molecule has 0 aromatic heterocycles. The van der Waals surface area contributed by atoms with Gasteiger partial charge in [-0.2, -0.15) is 0 Å². The van der Waals surface area contributed by atoms with Crippen molar-refractivity contribution in [2.75, 3.05) is 6.54 Å². The summed E-state index contributed by atoms with van der Waals surface area (Å²) in [5.41, 5.74) is 7.77. The van der Waals surface area contributed by atoms with Gasteiger partial charge in [0, 0.05) is 12.5 Å². The molecule has 0 saturated heterocycles. The van der Waals surface area contributed by atoms with Gasteiger partial charge in [0.05, 0.1) is 6.04 Å². The molecule has 88 valence electrons. The molecule has 3 heteroatoms. The maximum absolute atomic E-state index is 11.7. The van der Waals surface area contributed by atoms with E-state index < -0.39 is 0 Å². The van der Waals surface area contributed by atoms with E-state index in [1.165, 1.54) is 5.56 Å². The number of nitrogens with two attached hydrogens (primary N) is 1. The first-order chi connectivity index (χ1) is 7.54. The zero-order valence-electron chi connectivity index (χ0n) is 10.2. The molecule has 0 aliphatic rings. The summed E-state index contributed by atoms with van der Waals surface area (Å²) >= 11 is 0. The second-order valence-electron chi connectivity index (χ2n) is 4.28. The molecule has 1 unspecified atom stereocenters. The second-order valence-corrected chi connectivity index (χ2v) is 4.28. The van der Waals surface area contributed by atoms with Crippen LogP contribution in [0.15, 0.2) is 24.3 Å². The molecule has 3 N–H and O–H groups in total. The summed E-state index contributed by atoms with van der Waals surface area (Å²) in [7, 11) is 0. The number of amides is 1. The maximum atomic E-state index is 11.7. The number of hydrogen-bond donors (Lipinski definition) is 2. The van der Waals surface area contributed by atoms with Crippen LogP contribution >= 0.6 is 0 Å². The molecule has 0 aliphatic carbocycles. The van der Waals surface area contributed by atoms with E-state index >= 15 is 0 Å². The summed E-state index contributed by atoms with van der Waals surface area (Å²) in [6, 6.07) is 8.17. The topological polar surface area (TPSA) is 55.1 Å². The molecule has 0 aliphatic heterocycles. The number of carbonyl (C=O) groups is 1. The Hall–Kier alpha value is -1.35. The highest BCUT2D eigenvalue weighted by molar-refractivity contribution is 5.78. The van der Waals surface area contributed by atoms with E-state index in [-0.39, 0.29) is 17.9 Å². The third-order valence-corrected chi connectivity index (χ3v) is 2.70. The van der Waals surface area contributed by atoms with Crippen molar-refractivity contribution in [3.05, 3.63) is 35.4 Å². The van der Waals surface area contributed by atoms with Gasteiger partial charge in [-0.15, -0.1) is 0 Å². The highest BCUT2D eigenvalue weighted by atomic mass is 16.1. The Morgan fingerprint density at radius 3 is 2.69 bits per heavy atom. The van der Waals surface area contributed by atoms with Gasteiger partial charge in [-0.3, -0.25) is 4.79 Å². The van der Waals surface area contributed by atoms with Gasteiger partial charge in [-0.25, -0.2) is 0 Å². The van der Waals surface area contributed by atoms with Crippen LogP contribution in [0.3, 0.4) is 0 Å². The van der Waals surface area contributed by atoms with Crippen molar-refractivity contribution in [2.45, 2.75) is 26.8 Å². The normalized spacial score (nSPS) is 14.2. The molecule has 0 heterocycles. The van der Waals surface area contributed by atoms with Crippen LogP contribution in [-0.4, -0.2) is 12.5 Å². The summed E-state index contributed by atoms with van der Waals surface area (Å²) in [6.07, 6.45) is 0. The molecule has 0 fully saturated rings. The number of nitrogens with one attached hydrogen (secondary N) is 1. The van der Waals surface area contributed by atoms with E-state index in [4.69, 9.17) is 5.73 Å². The Morgan fingerprint density at radius 1 is 1.44 bits per heavy atom. The molecule has 3 nitrogen and oxygen atoms in total. The van der Waals surface area contributed by atoms with Gasteiger partial charge in [0.25, 0.3) is 0 Å². The number of aryl methyl sites for hydroxylation is 1. The van der Waals surface area contributed by atoms with Crippen molar-refractivity contribution in [1.29, 1.82) is 0 Å². The molecule has 1 amide bonds. The minimum atomic E-state index is -0.132. The first-order valence-corrected chi connectivity index (χ1v) is 5.61. The van der Waals surface area contributed by atoms with Crippen molar-refractivity contribution in [3.63, 3.8) is 0 Å². The standard InChI is InChI=1S/C13H20N2O/c1-9-5-4-6-12(7-9)11(3)15-13(16)10(2)8-14/h4-7,10-11H,8,14H2,1-3H3,(H,15,16)/t10?,11-/m1/s1. The van der Waals surface area contributed by atoms with E-state index in [9.17, 15) is 4.79 Å². The first kappa shape index (κ1) is 12.7. The highest BCUT2D eigenvalue weighted by Crippen LogP contribution is 2.14. The van der Waals surface area contributed by atoms with Crippen LogP contribution in [0.4, 0.5) is 0 Å². The van der Waals surface area contributed by atoms with Crippen molar-refractivity contribution in [2.24, 2.45) is 11.7 Å². The average Bonchev–Trinajstić information content (AvgIpc) is 2.27. The summed E-state index contributed by atoms with van der Waals surface area (Å²) in [5.74, 6) is -0.122. The lowest BCUT2D eigenvalue weighted by Gasteiger charge is -2.17. The molecule has 16 heavy (non-hydrogen) atoms. The third kappa shape index (κ3) is 3.35. The van der Waals surface area contributed by atoms with Gasteiger partial charge in [-0.1, -0.05) is 36.8 Å². The van der Waals surface area contributed by atoms with Crippen LogP contribution < -0.4 is 11.1 Å². The summed E-state index contributed by atoms with van der Waals surface area (Å²) in [4.78, 5) is 11.7. The Balaban J connectivity index is 2.65. The van der Waals surface area contributed by atoms with Crippen molar-refractivity contribution < 1.29 is 4.79 Å². The van der Waals surface area contributed by atoms with Crippen LogP contribution in [0.25, 0.3) is 0 Å². The van der Waals surface area contributed by atoms with E-state index in [1.54, 1.807) is 0 Å². The SMILES string of the molecule is Cc1cccc([C@@H](C)NC(=O)C(C)CN)c1. The van der Waals surface area contributed by atoms with E-state index in [0.29, 0.717) is 6.54 Å². The lowest BCUT2D eigenvalue weighted by Crippen LogP contribution is -2.34. The molecular formula is C13H20N2O. The van der Waals surface area contributed by atoms with Crippen LogP contribution in [0.1, 0.15) is 31.0 Å². The Morgan fingerprint density at radius 2 is 2.12 bits per heavy atom. The summed E-state index contributed by atoms with van der Waals surface area (Å²) in [5, 5.41) is 2.96. The molecule has 2 atom stereocenters. The molecule has 1 rings (SSSR count). The number of benzene rings is 1. The maximum Gasteiger partial charge on any atom is 0.224 e. The largest absolute Gasteiger partial charge is 0.349 e. The van der Waals surface area contributed by atoms with Gasteiger partial charge in [-0.05, 0) is 19.4 Å². The first-order valence-electron chi connectivity index (χ1n) is 5.61. The molecular weight excluding hydrogens is 200 g/mol. The predicted molar refractivity (Wildman–Crippen MR) is 66.0 cm³/mol. The minimum Gasteiger partial charge on any atom is -0.349 e. The van der Waals surface area contributed by atoms with Crippen LogP contribution in [-0.2, 0) is 4.79 Å². The van der Waals surface area contributed by atoms with Crippen molar-refractivity contribution in [3.8, 4) is 0 Å². The van der Waals surface area contributed by atoms with Gasteiger partial charge >= 0.3 is 0 Å². The van der Waals surface area contributed by atoms with Gasteiger partial charge in [0.2, 0.25) is 5.91 Å². The fraction of sp³-hybridized carbons (Fsp3) is 0.462. The molecule has 1 aromatic carbocycles. The van der Waals surface area contributed by atoms with Crippen LogP contribution in [0.2, 0.25) is 0 Å². The third-order valence-electron chi connectivity index (χ3n) is 2.70. The van der Waals surface area contributed by atoms with E-state index in [1.807, 2.05) is 39.0 Å². The molecule has 1 aromatic rings. The predicted octanol–water partition coefficient (Wildman–Crippen LogP) is 1.77. The van der Waals surface area contributed by atoms with Gasteiger partial charge < -0.3 is 11.1 Å². The Labute approximate surface area is 97.0 Å². The summed E-state index contributed by atoms with van der Waals surface area (Å²) in [6.45, 7) is 6.24. The molecule has 0 spiro atoms. The lowest BCUT2D eigenvalue weighted by atomic mass is 10.0. The molecule has 0 radical (unpaired) electrons. The highest BCUT2D eigenvalue weighted by Gasteiger charge is 2.14. The Bertz CT molecular complexity index is 363. The van der Waals surface area contributed by atoms with Crippen LogP contribution in [0.5, 0.6) is 0 Å². The number of rotatable bonds is 4. The fourth-order valence-electron chi connectivity index (χ4n) is 1.49. The lowest BCUT2D eigenvalue weighted by molar-refractivity contribution is -0.124. The van der Waals surface area contributed by atoms with Gasteiger partial charge in [0.1, 0.15) is 0 Å². The number of carbonyl (C=O) groups excluding carboxylic acids is 1. The quantitative estimate of drug-likeness (QED) is 0.812.